The van der Waals surface area contributed by atoms with Gasteiger partial charge in [0.25, 0.3) is 0 Å². The fourth-order valence-corrected chi connectivity index (χ4v) is 4.16. The first-order valence-corrected chi connectivity index (χ1v) is 9.41. The van der Waals surface area contributed by atoms with Crippen LogP contribution in [-0.4, -0.2) is 36.5 Å². The lowest BCUT2D eigenvalue weighted by Crippen LogP contribution is -2.40. The molecule has 0 spiro atoms. The quantitative estimate of drug-likeness (QED) is 0.872. The van der Waals surface area contributed by atoms with Gasteiger partial charge in [0.05, 0.1) is 6.04 Å². The van der Waals surface area contributed by atoms with Crippen molar-refractivity contribution in [1.82, 2.24) is 15.5 Å². The van der Waals surface area contributed by atoms with Crippen LogP contribution in [0.5, 0.6) is 0 Å². The Morgan fingerprint density at radius 2 is 1.83 bits per heavy atom. The number of nitrogens with zero attached hydrogens (tertiary/aromatic N) is 1. The summed E-state index contributed by atoms with van der Waals surface area (Å²) in [5, 5.41) is 6.28. The molecule has 4 nitrogen and oxygen atoms in total. The van der Waals surface area contributed by atoms with Gasteiger partial charge in [-0.2, -0.15) is 0 Å². The molecule has 2 heterocycles. The lowest BCUT2D eigenvalue weighted by molar-refractivity contribution is -0.122. The average Bonchev–Trinajstić information content (AvgIpc) is 3.07. The molecule has 0 saturated carbocycles. The number of hydrogen-bond acceptors (Lipinski definition) is 3. The highest BCUT2D eigenvalue weighted by Gasteiger charge is 2.22. The second-order valence-electron chi connectivity index (χ2n) is 7.82. The van der Waals surface area contributed by atoms with Crippen molar-refractivity contribution in [3.63, 3.8) is 0 Å². The Morgan fingerprint density at radius 1 is 1.17 bits per heavy atom. The van der Waals surface area contributed by atoms with Crippen LogP contribution in [0.3, 0.4) is 0 Å². The lowest BCUT2D eigenvalue weighted by atomic mass is 9.91. The summed E-state index contributed by atoms with van der Waals surface area (Å²) in [7, 11) is 0. The van der Waals surface area contributed by atoms with Crippen LogP contribution < -0.4 is 10.6 Å². The van der Waals surface area contributed by atoms with Gasteiger partial charge in [0, 0.05) is 26.2 Å². The summed E-state index contributed by atoms with van der Waals surface area (Å²) < 4.78 is 0. The Bertz CT molecular complexity index is 526. The third kappa shape index (κ3) is 4.81. The largest absolute Gasteiger partial charge is 0.351 e. The van der Waals surface area contributed by atoms with E-state index in [1.54, 1.807) is 0 Å². The number of carbonyl (C=O) groups excluding carboxylic acids is 1. The van der Waals surface area contributed by atoms with Gasteiger partial charge in [0.1, 0.15) is 0 Å². The van der Waals surface area contributed by atoms with Crippen molar-refractivity contribution in [2.24, 2.45) is 11.8 Å². The third-order valence-electron chi connectivity index (χ3n) is 5.22. The van der Waals surface area contributed by atoms with Crippen molar-refractivity contribution >= 4 is 5.91 Å². The Balaban J connectivity index is 1.47. The number of rotatable bonds is 5. The van der Waals surface area contributed by atoms with Crippen molar-refractivity contribution in [2.45, 2.75) is 52.2 Å². The minimum absolute atomic E-state index is 0.00681. The number of piperidine rings is 1. The minimum atomic E-state index is 0.00681. The van der Waals surface area contributed by atoms with Crippen LogP contribution in [0.2, 0.25) is 0 Å². The van der Waals surface area contributed by atoms with Crippen molar-refractivity contribution < 1.29 is 4.79 Å². The maximum Gasteiger partial charge on any atom is 0.237 e. The van der Waals surface area contributed by atoms with Gasteiger partial charge in [-0.15, -0.1) is 0 Å². The first-order valence-electron chi connectivity index (χ1n) is 9.41. The molecule has 3 rings (SSSR count). The Morgan fingerprint density at radius 3 is 2.46 bits per heavy atom. The highest BCUT2D eigenvalue weighted by atomic mass is 16.2. The predicted molar refractivity (Wildman–Crippen MR) is 97.5 cm³/mol. The molecule has 2 aliphatic rings. The van der Waals surface area contributed by atoms with E-state index in [1.165, 1.54) is 30.6 Å². The van der Waals surface area contributed by atoms with E-state index in [0.29, 0.717) is 6.54 Å². The Labute approximate surface area is 146 Å². The van der Waals surface area contributed by atoms with Crippen LogP contribution in [0.15, 0.2) is 24.3 Å². The maximum atomic E-state index is 12.0. The number of hydrogen-bond donors (Lipinski definition) is 2. The van der Waals surface area contributed by atoms with Gasteiger partial charge in [-0.25, -0.2) is 0 Å². The van der Waals surface area contributed by atoms with Crippen LogP contribution in [0.1, 0.15) is 44.2 Å². The summed E-state index contributed by atoms with van der Waals surface area (Å²) in [6.07, 6.45) is 3.41. The average molecular weight is 329 g/mol. The van der Waals surface area contributed by atoms with Gasteiger partial charge in [-0.3, -0.25) is 9.69 Å². The molecule has 0 radical (unpaired) electrons. The fourth-order valence-electron chi connectivity index (χ4n) is 4.16. The molecule has 4 heteroatoms. The molecule has 24 heavy (non-hydrogen) atoms. The predicted octanol–water partition coefficient (Wildman–Crippen LogP) is 2.53. The van der Waals surface area contributed by atoms with Crippen molar-refractivity contribution in [3.8, 4) is 0 Å². The monoisotopic (exact) mass is 329 g/mol. The zero-order chi connectivity index (χ0) is 16.9. The van der Waals surface area contributed by atoms with Crippen molar-refractivity contribution in [2.75, 3.05) is 19.6 Å². The van der Waals surface area contributed by atoms with Crippen molar-refractivity contribution in [3.05, 3.63) is 35.4 Å². The van der Waals surface area contributed by atoms with Crippen LogP contribution >= 0.6 is 0 Å². The SMILES string of the molecule is CC1CC(C)CN(Cc2ccc(CNC(=O)[C@@H]3CCCN3)cc2)C1. The molecule has 1 aromatic rings. The molecule has 1 aromatic carbocycles. The summed E-state index contributed by atoms with van der Waals surface area (Å²) >= 11 is 0. The van der Waals surface area contributed by atoms with E-state index < -0.39 is 0 Å². The van der Waals surface area contributed by atoms with Crippen LogP contribution in [0, 0.1) is 11.8 Å². The van der Waals surface area contributed by atoms with Crippen LogP contribution in [0.25, 0.3) is 0 Å². The maximum absolute atomic E-state index is 12.0. The normalized spacial score (nSPS) is 28.0. The minimum Gasteiger partial charge on any atom is -0.351 e. The molecule has 2 aliphatic heterocycles. The van der Waals surface area contributed by atoms with E-state index in [9.17, 15) is 4.79 Å². The second kappa shape index (κ2) is 8.13. The smallest absolute Gasteiger partial charge is 0.237 e. The van der Waals surface area contributed by atoms with Crippen LogP contribution in [-0.2, 0) is 17.9 Å². The molecular weight excluding hydrogens is 298 g/mol. The second-order valence-corrected chi connectivity index (χ2v) is 7.82. The molecule has 0 bridgehead atoms. The van der Waals surface area contributed by atoms with Gasteiger partial charge in [-0.1, -0.05) is 38.1 Å². The van der Waals surface area contributed by atoms with Crippen molar-refractivity contribution in [1.29, 1.82) is 0 Å². The third-order valence-corrected chi connectivity index (χ3v) is 5.22. The number of benzene rings is 1. The van der Waals surface area contributed by atoms with Gasteiger partial charge >= 0.3 is 0 Å². The molecule has 132 valence electrons. The molecule has 2 N–H and O–H groups in total. The summed E-state index contributed by atoms with van der Waals surface area (Å²) in [5.41, 5.74) is 2.54. The van der Waals surface area contributed by atoms with E-state index >= 15 is 0 Å². The summed E-state index contributed by atoms with van der Waals surface area (Å²) in [6, 6.07) is 8.72. The fraction of sp³-hybridized carbons (Fsp3) is 0.650. The summed E-state index contributed by atoms with van der Waals surface area (Å²) in [4.78, 5) is 14.6. The Hall–Kier alpha value is -1.39. The van der Waals surface area contributed by atoms with E-state index in [2.05, 4.69) is 53.6 Å². The molecule has 0 aliphatic carbocycles. The highest BCUT2D eigenvalue weighted by Crippen LogP contribution is 2.22. The lowest BCUT2D eigenvalue weighted by Gasteiger charge is -2.35. The zero-order valence-corrected chi connectivity index (χ0v) is 15.1. The van der Waals surface area contributed by atoms with E-state index in [1.807, 2.05) is 0 Å². The molecule has 2 unspecified atom stereocenters. The van der Waals surface area contributed by atoms with E-state index in [4.69, 9.17) is 0 Å². The van der Waals surface area contributed by atoms with Gasteiger partial charge in [0.15, 0.2) is 0 Å². The van der Waals surface area contributed by atoms with Gasteiger partial charge < -0.3 is 10.6 Å². The van der Waals surface area contributed by atoms with E-state index in [0.717, 1.165) is 37.8 Å². The first kappa shape index (κ1) is 17.4. The summed E-state index contributed by atoms with van der Waals surface area (Å²) in [6.45, 7) is 9.73. The number of carbonyl (C=O) groups is 1. The number of nitrogens with one attached hydrogen (secondary N) is 2. The molecule has 2 saturated heterocycles. The van der Waals surface area contributed by atoms with Gasteiger partial charge in [-0.05, 0) is 48.8 Å². The van der Waals surface area contributed by atoms with Gasteiger partial charge in [0.2, 0.25) is 5.91 Å². The Kier molecular flexibility index (Phi) is 5.90. The number of amides is 1. The van der Waals surface area contributed by atoms with Crippen LogP contribution in [0.4, 0.5) is 0 Å². The molecule has 2 fully saturated rings. The standard InChI is InChI=1S/C20H31N3O/c1-15-10-16(2)13-23(12-15)14-18-7-5-17(6-8-18)11-22-20(24)19-4-3-9-21-19/h5-8,15-16,19,21H,3-4,9-14H2,1-2H3,(H,22,24)/t15?,16?,19-/m0/s1. The van der Waals surface area contributed by atoms with E-state index in [-0.39, 0.29) is 11.9 Å². The topological polar surface area (TPSA) is 44.4 Å². The highest BCUT2D eigenvalue weighted by molar-refractivity contribution is 5.81. The molecule has 3 atom stereocenters. The number of likely N-dealkylation sites (tertiary alicyclic amines) is 1. The molecule has 0 aromatic heterocycles. The zero-order valence-electron chi connectivity index (χ0n) is 15.1. The first-order chi connectivity index (χ1) is 11.6. The summed E-state index contributed by atoms with van der Waals surface area (Å²) in [5.74, 6) is 1.73. The molecular formula is C20H31N3O. The molecule has 1 amide bonds.